The molecule has 0 saturated heterocycles. The van der Waals surface area contributed by atoms with Crippen molar-refractivity contribution in [3.63, 3.8) is 0 Å². The van der Waals surface area contributed by atoms with Gasteiger partial charge in [0.25, 0.3) is 0 Å². The van der Waals surface area contributed by atoms with Crippen LogP contribution < -0.4 is 0 Å². The summed E-state index contributed by atoms with van der Waals surface area (Å²) in [4.78, 5) is 39.2. The van der Waals surface area contributed by atoms with E-state index in [1.807, 2.05) is 0 Å². The predicted octanol–water partition coefficient (Wildman–Crippen LogP) is 18.5. The highest BCUT2D eigenvalue weighted by Gasteiger charge is 2.25. The van der Waals surface area contributed by atoms with E-state index in [9.17, 15) is 27.4 Å². The molecule has 0 aromatic heterocycles. The lowest BCUT2D eigenvalue weighted by Gasteiger charge is -2.34. The van der Waals surface area contributed by atoms with E-state index in [0.29, 0.717) is 60.4 Å². The van der Waals surface area contributed by atoms with Crippen LogP contribution in [0.5, 0.6) is 0 Å². The van der Waals surface area contributed by atoms with Gasteiger partial charge in [-0.2, -0.15) is 0 Å². The zero-order valence-corrected chi connectivity index (χ0v) is 48.4. The van der Waals surface area contributed by atoms with Crippen molar-refractivity contribution in [2.24, 2.45) is 0 Å². The van der Waals surface area contributed by atoms with Crippen molar-refractivity contribution in [1.82, 2.24) is 0 Å². The maximum absolute atomic E-state index is 13.1. The van der Waals surface area contributed by atoms with Crippen LogP contribution >= 0.6 is 0 Å². The molecule has 0 fully saturated rings. The third kappa shape index (κ3) is 60.5. The van der Waals surface area contributed by atoms with E-state index in [2.05, 4.69) is 68.5 Å². The number of carbonyl (C=O) groups excluding carboxylic acids is 3. The first-order chi connectivity index (χ1) is 34.4. The molecule has 0 rings (SSSR count). The molecule has 0 amide bonds. The summed E-state index contributed by atoms with van der Waals surface area (Å²) >= 11 is 0. The van der Waals surface area contributed by atoms with Crippen LogP contribution in [-0.4, -0.2) is 68.6 Å². The fourth-order valence-corrected chi connectivity index (χ4v) is 9.07. The van der Waals surface area contributed by atoms with E-state index >= 15 is 0 Å². The number of ketones is 3. The molecule has 0 bridgehead atoms. The summed E-state index contributed by atoms with van der Waals surface area (Å²) in [6, 6.07) is 0. The van der Waals surface area contributed by atoms with E-state index in [1.165, 1.54) is 212 Å². The number of quaternary nitrogens is 1. The SMILES string of the molecule is CCCCCCCC/C=C\CCCCCCCC(=O)CC[N+](C)(CCC(=O)CCCCCCC/C=C\CCCCCCCC)CCC(=O)CCCCCCC/C=C\CCCCCCCC.COS(=O)(=O)[O-]. The first-order valence-corrected chi connectivity index (χ1v) is 31.6. The monoisotopic (exact) mass is 1020 g/mol. The Bertz CT molecular complexity index is 1240. The molecular weight excluding hydrogens is 903 g/mol. The van der Waals surface area contributed by atoms with Crippen LogP contribution in [0.15, 0.2) is 36.5 Å². The molecule has 0 aliphatic rings. The number of rotatable bonds is 55. The molecule has 0 spiro atoms. The van der Waals surface area contributed by atoms with Crippen LogP contribution in [0.25, 0.3) is 0 Å². The molecule has 0 atom stereocenters. The molecule has 8 nitrogen and oxygen atoms in total. The minimum atomic E-state index is -4.41. The van der Waals surface area contributed by atoms with Gasteiger partial charge in [0.15, 0.2) is 0 Å². The Morgan fingerprint density at radius 2 is 0.535 bits per heavy atom. The van der Waals surface area contributed by atoms with Crippen molar-refractivity contribution in [3.05, 3.63) is 36.5 Å². The van der Waals surface area contributed by atoms with E-state index in [0.717, 1.165) is 65.3 Å². The number of hydrogen-bond donors (Lipinski definition) is 0. The number of nitrogens with zero attached hydrogens (tertiary/aromatic N) is 1. The molecule has 0 heterocycles. The Morgan fingerprint density at radius 1 is 0.352 bits per heavy atom. The van der Waals surface area contributed by atoms with Crippen molar-refractivity contribution in [2.45, 2.75) is 310 Å². The predicted molar refractivity (Wildman–Crippen MR) is 305 cm³/mol. The van der Waals surface area contributed by atoms with Crippen molar-refractivity contribution in [3.8, 4) is 0 Å². The molecule has 0 aliphatic heterocycles. The fourth-order valence-electron chi connectivity index (χ4n) is 9.07. The fraction of sp³-hybridized carbons (Fsp3) is 0.855. The zero-order valence-electron chi connectivity index (χ0n) is 47.6. The summed E-state index contributed by atoms with van der Waals surface area (Å²) < 4.78 is 31.7. The van der Waals surface area contributed by atoms with Gasteiger partial charge in [0.2, 0.25) is 10.4 Å². The van der Waals surface area contributed by atoms with Gasteiger partial charge in [-0.05, 0) is 96.3 Å². The molecule has 71 heavy (non-hydrogen) atoms. The highest BCUT2D eigenvalue weighted by Crippen LogP contribution is 2.17. The highest BCUT2D eigenvalue weighted by molar-refractivity contribution is 7.80. The topological polar surface area (TPSA) is 118 Å². The lowest BCUT2D eigenvalue weighted by atomic mass is 10.0. The van der Waals surface area contributed by atoms with Crippen LogP contribution in [0, 0.1) is 0 Å². The van der Waals surface area contributed by atoms with E-state index in [1.54, 1.807) is 0 Å². The molecule has 0 aromatic carbocycles. The molecule has 418 valence electrons. The molecule has 0 saturated carbocycles. The van der Waals surface area contributed by atoms with Crippen LogP contribution in [-0.2, 0) is 29.0 Å². The van der Waals surface area contributed by atoms with Gasteiger partial charge >= 0.3 is 0 Å². The second-order valence-electron chi connectivity index (χ2n) is 21.2. The molecular formula is C62H117NO7S. The first kappa shape index (κ1) is 71.1. The maximum Gasteiger partial charge on any atom is 0.217 e. The quantitative estimate of drug-likeness (QED) is 0.0196. The summed E-state index contributed by atoms with van der Waals surface area (Å²) in [5.41, 5.74) is 0. The molecule has 9 heteroatoms. The largest absolute Gasteiger partial charge is 0.726 e. The molecule has 0 aromatic rings. The highest BCUT2D eigenvalue weighted by atomic mass is 32.3. The third-order valence-corrected chi connectivity index (χ3v) is 14.6. The van der Waals surface area contributed by atoms with Gasteiger partial charge in [-0.1, -0.05) is 211 Å². The average Bonchev–Trinajstić information content (AvgIpc) is 3.35. The maximum atomic E-state index is 13.1. The van der Waals surface area contributed by atoms with Crippen LogP contribution in [0.4, 0.5) is 0 Å². The van der Waals surface area contributed by atoms with Gasteiger partial charge in [-0.3, -0.25) is 18.6 Å². The first-order valence-electron chi connectivity index (χ1n) is 30.3. The Morgan fingerprint density at radius 3 is 0.732 bits per heavy atom. The summed E-state index contributed by atoms with van der Waals surface area (Å²) in [5, 5.41) is 0. The van der Waals surface area contributed by atoms with Crippen LogP contribution in [0.1, 0.15) is 310 Å². The Labute approximate surface area is 441 Å². The molecule has 0 aliphatic carbocycles. The number of Topliss-reactive ketones (excluding diaryl/α,β-unsaturated/α-hetero) is 3. The van der Waals surface area contributed by atoms with Gasteiger partial charge in [-0.25, -0.2) is 8.42 Å². The van der Waals surface area contributed by atoms with Gasteiger partial charge in [0.1, 0.15) is 17.3 Å². The normalized spacial score (nSPS) is 12.1. The van der Waals surface area contributed by atoms with Crippen LogP contribution in [0.3, 0.4) is 0 Å². The second kappa shape index (κ2) is 55.8. The van der Waals surface area contributed by atoms with Gasteiger partial charge < -0.3 is 9.04 Å². The smallest absolute Gasteiger partial charge is 0.217 e. The van der Waals surface area contributed by atoms with Crippen molar-refractivity contribution in [1.29, 1.82) is 0 Å². The van der Waals surface area contributed by atoms with Crippen LogP contribution in [0.2, 0.25) is 0 Å². The molecule has 0 N–H and O–H groups in total. The summed E-state index contributed by atoms with van der Waals surface area (Å²) in [6.45, 7) is 9.06. The Hall–Kier alpha value is -1.94. The van der Waals surface area contributed by atoms with E-state index in [4.69, 9.17) is 0 Å². The molecule has 0 unspecified atom stereocenters. The van der Waals surface area contributed by atoms with E-state index in [-0.39, 0.29) is 0 Å². The Kier molecular flexibility index (Phi) is 55.9. The van der Waals surface area contributed by atoms with E-state index < -0.39 is 10.4 Å². The number of hydrogen-bond acceptors (Lipinski definition) is 7. The number of allylic oxidation sites excluding steroid dienone is 6. The van der Waals surface area contributed by atoms with Gasteiger partial charge in [0.05, 0.1) is 53.1 Å². The lowest BCUT2D eigenvalue weighted by Crippen LogP contribution is -2.48. The summed E-state index contributed by atoms with van der Waals surface area (Å²) in [7, 11) is -1.41. The summed E-state index contributed by atoms with van der Waals surface area (Å²) in [6.07, 6.45) is 67.3. The number of carbonyl (C=O) groups is 3. The van der Waals surface area contributed by atoms with Crippen molar-refractivity contribution < 1.29 is 36.0 Å². The lowest BCUT2D eigenvalue weighted by molar-refractivity contribution is -0.907. The summed E-state index contributed by atoms with van der Waals surface area (Å²) in [5.74, 6) is 1.06. The Balaban J connectivity index is 0. The number of unbranched alkanes of at least 4 members (excludes halogenated alkanes) is 33. The second-order valence-corrected chi connectivity index (χ2v) is 22.4. The minimum Gasteiger partial charge on any atom is -0.726 e. The minimum absolute atomic E-state index is 0.353. The molecule has 0 radical (unpaired) electrons. The standard InChI is InChI=1S/C61H114NO3.CH4O4S/c1-5-8-11-14-17-20-23-26-29-32-35-38-41-44-47-50-59(63)53-56-62(4,57-54-60(64)51-48-45-42-39-36-33-30-27-24-21-18-15-12-9-6-2)58-55-61(65)52-49-46-43-40-37-34-31-28-25-22-19-16-13-10-7-3;1-5-6(2,3)4/h26-31H,5-25,32-58H2,1-4H3;1H3,(H,2,3,4)/q+1;/p-1/b29-26-,30-27-,31-28-;. The van der Waals surface area contributed by atoms with Crippen molar-refractivity contribution in [2.75, 3.05) is 33.8 Å². The third-order valence-electron chi connectivity index (χ3n) is 14.1. The zero-order chi connectivity index (χ0) is 52.6. The van der Waals surface area contributed by atoms with Gasteiger partial charge in [-0.15, -0.1) is 0 Å². The van der Waals surface area contributed by atoms with Crippen molar-refractivity contribution >= 4 is 27.7 Å². The van der Waals surface area contributed by atoms with Gasteiger partial charge in [0, 0.05) is 19.3 Å². The average molecular weight is 1020 g/mol.